The first-order valence-electron chi connectivity index (χ1n) is 11.1. The molecule has 10 heteroatoms. The highest BCUT2D eigenvalue weighted by molar-refractivity contribution is 9.10. The van der Waals surface area contributed by atoms with Gasteiger partial charge in [0.1, 0.15) is 23.0 Å². The Morgan fingerprint density at radius 3 is 2.64 bits per heavy atom. The molecule has 1 heterocycles. The van der Waals surface area contributed by atoms with Crippen LogP contribution >= 0.6 is 39.3 Å². The normalized spacial score (nSPS) is 15.5. The third-order valence-corrected chi connectivity index (χ3v) is 6.92. The lowest BCUT2D eigenvalue weighted by Gasteiger charge is -2.14. The zero-order chi connectivity index (χ0) is 26.2. The van der Waals surface area contributed by atoms with Gasteiger partial charge in [-0.25, -0.2) is 9.79 Å². The van der Waals surface area contributed by atoms with E-state index < -0.39 is 5.97 Å². The molecule has 0 atom stereocenters. The van der Waals surface area contributed by atoms with Gasteiger partial charge >= 0.3 is 5.97 Å². The number of benzene rings is 2. The fourth-order valence-electron chi connectivity index (χ4n) is 3.25. The monoisotopic (exact) mass is 593 g/mol. The van der Waals surface area contributed by atoms with Gasteiger partial charge in [-0.15, -0.1) is 0 Å². The molecule has 3 rings (SSSR count). The van der Waals surface area contributed by atoms with Crippen LogP contribution in [0.3, 0.4) is 0 Å². The van der Waals surface area contributed by atoms with Gasteiger partial charge in [-0.3, -0.25) is 4.79 Å². The van der Waals surface area contributed by atoms with Crippen molar-refractivity contribution in [1.29, 1.82) is 0 Å². The van der Waals surface area contributed by atoms with Gasteiger partial charge in [0, 0.05) is 17.0 Å². The minimum Gasteiger partial charge on any atom is -0.506 e. The third-order valence-electron chi connectivity index (χ3n) is 4.94. The molecule has 0 saturated heterocycles. The van der Waals surface area contributed by atoms with Crippen LogP contribution in [0.15, 0.2) is 62.1 Å². The maximum absolute atomic E-state index is 12.5. The topological polar surface area (TPSA) is 94.4 Å². The van der Waals surface area contributed by atoms with Crippen molar-refractivity contribution in [1.82, 2.24) is 0 Å². The molecule has 0 unspecified atom stereocenters. The minimum atomic E-state index is -0.740. The summed E-state index contributed by atoms with van der Waals surface area (Å²) in [4.78, 5) is 29.0. The van der Waals surface area contributed by atoms with Crippen molar-refractivity contribution >= 4 is 62.3 Å². The van der Waals surface area contributed by atoms with E-state index in [-0.39, 0.29) is 41.9 Å². The van der Waals surface area contributed by atoms with Crippen molar-refractivity contribution in [2.45, 2.75) is 33.3 Å². The van der Waals surface area contributed by atoms with Gasteiger partial charge < -0.3 is 19.3 Å². The van der Waals surface area contributed by atoms with Crippen LogP contribution in [-0.2, 0) is 20.9 Å². The number of aliphatic hydroxyl groups excluding tert-OH is 1. The average Bonchev–Trinajstić information content (AvgIpc) is 3.13. The van der Waals surface area contributed by atoms with Gasteiger partial charge in [-0.1, -0.05) is 48.5 Å². The number of esters is 1. The number of halogens is 2. The summed E-state index contributed by atoms with van der Waals surface area (Å²) < 4.78 is 17.2. The molecule has 1 aliphatic heterocycles. The van der Waals surface area contributed by atoms with E-state index in [4.69, 9.17) is 25.8 Å². The summed E-state index contributed by atoms with van der Waals surface area (Å²) >= 11 is 10.8. The largest absolute Gasteiger partial charge is 0.506 e. The second-order valence-electron chi connectivity index (χ2n) is 7.53. The van der Waals surface area contributed by atoms with Crippen LogP contribution < -0.4 is 9.47 Å². The molecule has 1 aliphatic rings. The highest BCUT2D eigenvalue weighted by atomic mass is 79.9. The molecule has 0 fully saturated rings. The fourth-order valence-corrected chi connectivity index (χ4v) is 5.05. The van der Waals surface area contributed by atoms with E-state index in [1.165, 1.54) is 7.11 Å². The highest BCUT2D eigenvalue weighted by Crippen LogP contribution is 2.42. The van der Waals surface area contributed by atoms with Crippen LogP contribution in [0.1, 0.15) is 37.8 Å². The molecule has 0 radical (unpaired) electrons. The third kappa shape index (κ3) is 6.72. The first-order chi connectivity index (χ1) is 17.3. The zero-order valence-corrected chi connectivity index (χ0v) is 23.1. The number of amides is 1. The first kappa shape index (κ1) is 27.8. The number of hydrogen-bond acceptors (Lipinski definition) is 7. The fraction of sp³-hybridized carbons (Fsp3) is 0.269. The van der Waals surface area contributed by atoms with Gasteiger partial charge in [-0.05, 0) is 59.1 Å². The molecule has 0 saturated carbocycles. The highest BCUT2D eigenvalue weighted by Gasteiger charge is 2.33. The van der Waals surface area contributed by atoms with Gasteiger partial charge in [0.25, 0.3) is 0 Å². The number of aliphatic hydroxyl groups is 1. The van der Waals surface area contributed by atoms with Crippen molar-refractivity contribution in [3.8, 4) is 11.5 Å². The number of thioether (sulfide) groups is 1. The van der Waals surface area contributed by atoms with E-state index in [9.17, 15) is 14.7 Å². The van der Waals surface area contributed by atoms with Gasteiger partial charge in [0.05, 0.1) is 23.1 Å². The summed E-state index contributed by atoms with van der Waals surface area (Å²) in [5.74, 6) is -0.475. The van der Waals surface area contributed by atoms with Crippen molar-refractivity contribution < 1.29 is 28.9 Å². The maximum atomic E-state index is 12.5. The Kier molecular flexibility index (Phi) is 10.0. The lowest BCUT2D eigenvalue weighted by Crippen LogP contribution is -2.14. The van der Waals surface area contributed by atoms with E-state index in [0.717, 1.165) is 17.3 Å². The molecule has 2 aromatic rings. The molecule has 7 nitrogen and oxygen atoms in total. The lowest BCUT2D eigenvalue weighted by atomic mass is 10.1. The molecule has 1 N–H and O–H groups in total. The summed E-state index contributed by atoms with van der Waals surface area (Å²) in [6, 6.07) is 10.9. The van der Waals surface area contributed by atoms with Crippen LogP contribution in [0.4, 0.5) is 0 Å². The summed E-state index contributed by atoms with van der Waals surface area (Å²) in [5, 5.41) is 11.5. The number of methoxy groups -OCH3 is 1. The predicted molar refractivity (Wildman–Crippen MR) is 146 cm³/mol. The number of aliphatic imine (C=N–C) groups is 1. The van der Waals surface area contributed by atoms with Crippen molar-refractivity contribution in [3.63, 3.8) is 0 Å². The Bertz CT molecular complexity index is 1260. The lowest BCUT2D eigenvalue weighted by molar-refractivity contribution is -0.138. The molecule has 0 bridgehead atoms. The van der Waals surface area contributed by atoms with Crippen LogP contribution in [0.25, 0.3) is 6.08 Å². The van der Waals surface area contributed by atoms with Crippen LogP contribution in [0.2, 0.25) is 5.02 Å². The van der Waals surface area contributed by atoms with Gasteiger partial charge in [0.15, 0.2) is 11.5 Å². The molecule has 36 heavy (non-hydrogen) atoms. The standard InChI is InChI=1S/C26H25BrClNO6S/c1-4-8-21(30)29-25-22(26(32)34-5-2)23(31)20(36-25)13-15-11-17(27)24(19(12-15)33-3)35-14-16-9-6-7-10-18(16)28/h6-7,9-13,31H,4-5,8,14H2,1-3H3/b20-13-,29-25?. The average molecular weight is 595 g/mol. The number of rotatable bonds is 9. The molecule has 0 aliphatic carbocycles. The van der Waals surface area contributed by atoms with Crippen LogP contribution in [0.5, 0.6) is 11.5 Å². The summed E-state index contributed by atoms with van der Waals surface area (Å²) in [7, 11) is 1.52. The molecule has 190 valence electrons. The summed E-state index contributed by atoms with van der Waals surface area (Å²) in [6.07, 6.45) is 2.52. The minimum absolute atomic E-state index is 0.112. The second-order valence-corrected chi connectivity index (χ2v) is 9.82. The van der Waals surface area contributed by atoms with Gasteiger partial charge in [-0.2, -0.15) is 0 Å². The maximum Gasteiger partial charge on any atom is 0.344 e. The Morgan fingerprint density at radius 1 is 1.22 bits per heavy atom. The smallest absolute Gasteiger partial charge is 0.344 e. The predicted octanol–water partition coefficient (Wildman–Crippen LogP) is 6.88. The SMILES string of the molecule is CCCC(=O)N=C1S/C(=C\c2cc(Br)c(OCc3ccccc3Cl)c(OC)c2)C(O)=C1C(=O)OCC. The Morgan fingerprint density at radius 2 is 1.97 bits per heavy atom. The number of carbonyl (C=O) groups is 2. The summed E-state index contributed by atoms with van der Waals surface area (Å²) in [6.45, 7) is 3.88. The number of nitrogens with zero attached hydrogens (tertiary/aromatic N) is 1. The number of carbonyl (C=O) groups excluding carboxylic acids is 2. The molecular formula is C26H25BrClNO6S. The zero-order valence-electron chi connectivity index (χ0n) is 20.0. The summed E-state index contributed by atoms with van der Waals surface area (Å²) in [5.41, 5.74) is 1.36. The Hall–Kier alpha value is -2.75. The number of hydrogen-bond donors (Lipinski definition) is 1. The van der Waals surface area contributed by atoms with Crippen LogP contribution in [0, 0.1) is 0 Å². The van der Waals surface area contributed by atoms with E-state index in [0.29, 0.717) is 37.9 Å². The van der Waals surface area contributed by atoms with Crippen molar-refractivity contribution in [3.05, 3.63) is 73.3 Å². The first-order valence-corrected chi connectivity index (χ1v) is 13.1. The molecule has 0 aromatic heterocycles. The van der Waals surface area contributed by atoms with E-state index in [1.54, 1.807) is 31.2 Å². The Labute approximate surface area is 227 Å². The molecular weight excluding hydrogens is 570 g/mol. The van der Waals surface area contributed by atoms with Crippen LogP contribution in [-0.4, -0.2) is 35.7 Å². The van der Waals surface area contributed by atoms with Crippen molar-refractivity contribution in [2.24, 2.45) is 4.99 Å². The molecule has 0 spiro atoms. The molecule has 2 aromatic carbocycles. The number of ether oxygens (including phenoxy) is 3. The van der Waals surface area contributed by atoms with E-state index in [1.807, 2.05) is 25.1 Å². The quantitative estimate of drug-likeness (QED) is 0.316. The molecule has 1 amide bonds. The van der Waals surface area contributed by atoms with E-state index in [2.05, 4.69) is 20.9 Å². The Balaban J connectivity index is 1.94. The van der Waals surface area contributed by atoms with E-state index >= 15 is 0 Å². The second kappa shape index (κ2) is 13.0. The van der Waals surface area contributed by atoms with Gasteiger partial charge in [0.2, 0.25) is 5.91 Å². The van der Waals surface area contributed by atoms with Crippen molar-refractivity contribution in [2.75, 3.05) is 13.7 Å².